The third kappa shape index (κ3) is 2.68. The van der Waals surface area contributed by atoms with Crippen molar-refractivity contribution in [2.75, 3.05) is 19.6 Å². The number of nitrogens with one attached hydrogen (secondary N) is 1. The molecule has 2 aliphatic heterocycles. The van der Waals surface area contributed by atoms with E-state index in [1.165, 1.54) is 25.1 Å². The first-order valence-corrected chi connectivity index (χ1v) is 7.38. The van der Waals surface area contributed by atoms with Gasteiger partial charge in [0.1, 0.15) is 0 Å². The Morgan fingerprint density at radius 3 is 3.05 bits per heavy atom. The van der Waals surface area contributed by atoms with Gasteiger partial charge in [0, 0.05) is 25.3 Å². The Balaban J connectivity index is 1.70. The number of hydrogen-bond acceptors (Lipinski definition) is 3. The predicted octanol–water partition coefficient (Wildman–Crippen LogP) is 1.82. The van der Waals surface area contributed by atoms with Gasteiger partial charge >= 0.3 is 0 Å². The molecular formula is C15H20FN3O. The molecule has 2 saturated heterocycles. The van der Waals surface area contributed by atoms with Gasteiger partial charge in [-0.25, -0.2) is 4.39 Å². The van der Waals surface area contributed by atoms with Crippen molar-refractivity contribution in [3.05, 3.63) is 29.8 Å². The number of piperidine rings is 1. The maximum absolute atomic E-state index is 13.7. The molecule has 0 radical (unpaired) electrons. The summed E-state index contributed by atoms with van der Waals surface area (Å²) in [5.74, 6) is -0.230. The molecule has 0 aliphatic carbocycles. The van der Waals surface area contributed by atoms with Gasteiger partial charge in [-0.1, -0.05) is 0 Å². The van der Waals surface area contributed by atoms with Crippen LogP contribution in [0.25, 0.3) is 0 Å². The number of carbonyl (C=O) groups excluding carboxylic acids is 1. The predicted molar refractivity (Wildman–Crippen MR) is 73.8 cm³/mol. The van der Waals surface area contributed by atoms with Gasteiger partial charge in [0.05, 0.1) is 11.8 Å². The third-order valence-electron chi connectivity index (χ3n) is 4.42. The molecule has 0 saturated carbocycles. The first kappa shape index (κ1) is 13.5. The zero-order valence-corrected chi connectivity index (χ0v) is 11.5. The molecule has 4 nitrogen and oxygen atoms in total. The minimum absolute atomic E-state index is 0.139. The third-order valence-corrected chi connectivity index (χ3v) is 4.42. The summed E-state index contributed by atoms with van der Waals surface area (Å²) in [6.45, 7) is 2.54. The van der Waals surface area contributed by atoms with Crippen LogP contribution in [-0.2, 0) is 0 Å². The molecule has 3 heterocycles. The zero-order valence-electron chi connectivity index (χ0n) is 11.5. The molecule has 1 aromatic heterocycles. The van der Waals surface area contributed by atoms with E-state index >= 15 is 0 Å². The average molecular weight is 277 g/mol. The normalized spacial score (nSPS) is 26.8. The van der Waals surface area contributed by atoms with Gasteiger partial charge in [0.15, 0.2) is 5.82 Å². The Kier molecular flexibility index (Phi) is 3.96. The van der Waals surface area contributed by atoms with Crippen LogP contribution < -0.4 is 5.32 Å². The highest BCUT2D eigenvalue weighted by atomic mass is 19.1. The van der Waals surface area contributed by atoms with Crippen LogP contribution in [0, 0.1) is 11.7 Å². The number of halogens is 1. The first-order chi connectivity index (χ1) is 9.75. The highest BCUT2D eigenvalue weighted by molar-refractivity contribution is 5.94. The molecule has 2 fully saturated rings. The van der Waals surface area contributed by atoms with E-state index in [0.29, 0.717) is 12.0 Å². The second-order valence-corrected chi connectivity index (χ2v) is 5.71. The molecular weight excluding hydrogens is 257 g/mol. The van der Waals surface area contributed by atoms with Crippen molar-refractivity contribution in [2.24, 2.45) is 5.92 Å². The fourth-order valence-electron chi connectivity index (χ4n) is 3.36. The summed E-state index contributed by atoms with van der Waals surface area (Å²) in [5.41, 5.74) is 0.139. The van der Waals surface area contributed by atoms with Crippen LogP contribution in [0.3, 0.4) is 0 Å². The van der Waals surface area contributed by atoms with E-state index in [4.69, 9.17) is 0 Å². The van der Waals surface area contributed by atoms with Crippen molar-refractivity contribution in [3.63, 3.8) is 0 Å². The molecule has 5 heteroatoms. The Hall–Kier alpha value is -1.49. The minimum atomic E-state index is -0.529. The number of pyridine rings is 1. The number of hydrogen-bond donors (Lipinski definition) is 1. The van der Waals surface area contributed by atoms with E-state index in [1.54, 1.807) is 4.90 Å². The number of rotatable bonds is 2. The van der Waals surface area contributed by atoms with Gasteiger partial charge in [0.25, 0.3) is 5.91 Å². The van der Waals surface area contributed by atoms with Crippen molar-refractivity contribution in [1.82, 2.24) is 15.2 Å². The van der Waals surface area contributed by atoms with E-state index in [1.807, 2.05) is 0 Å². The lowest BCUT2D eigenvalue weighted by Gasteiger charge is -2.35. The largest absolute Gasteiger partial charge is 0.338 e. The molecule has 0 aromatic carbocycles. The van der Waals surface area contributed by atoms with Crippen LogP contribution in [0.1, 0.15) is 36.0 Å². The monoisotopic (exact) mass is 277 g/mol. The van der Waals surface area contributed by atoms with Crippen molar-refractivity contribution >= 4 is 5.91 Å². The average Bonchev–Trinajstić information content (AvgIpc) is 3.01. The van der Waals surface area contributed by atoms with E-state index in [-0.39, 0.29) is 11.5 Å². The first-order valence-electron chi connectivity index (χ1n) is 7.38. The van der Waals surface area contributed by atoms with Gasteiger partial charge < -0.3 is 10.2 Å². The van der Waals surface area contributed by atoms with Crippen molar-refractivity contribution in [1.29, 1.82) is 0 Å². The topological polar surface area (TPSA) is 45.2 Å². The fraction of sp³-hybridized carbons (Fsp3) is 0.600. The zero-order chi connectivity index (χ0) is 13.9. The van der Waals surface area contributed by atoms with Crippen LogP contribution in [0.15, 0.2) is 18.5 Å². The van der Waals surface area contributed by atoms with Gasteiger partial charge in [-0.15, -0.1) is 0 Å². The molecule has 0 bridgehead atoms. The van der Waals surface area contributed by atoms with Crippen LogP contribution in [0.4, 0.5) is 4.39 Å². The molecule has 108 valence electrons. The molecule has 20 heavy (non-hydrogen) atoms. The molecule has 2 atom stereocenters. The van der Waals surface area contributed by atoms with Gasteiger partial charge in [-0.05, 0) is 44.2 Å². The summed E-state index contributed by atoms with van der Waals surface area (Å²) in [7, 11) is 0. The Bertz CT molecular complexity index is 488. The molecule has 2 aliphatic rings. The smallest absolute Gasteiger partial charge is 0.256 e. The van der Waals surface area contributed by atoms with Crippen LogP contribution in [0.5, 0.6) is 0 Å². The summed E-state index contributed by atoms with van der Waals surface area (Å²) < 4.78 is 13.7. The molecule has 3 rings (SSSR count). The van der Waals surface area contributed by atoms with Gasteiger partial charge in [-0.3, -0.25) is 9.78 Å². The number of likely N-dealkylation sites (tertiary alicyclic amines) is 1. The Labute approximate surface area is 118 Å². The van der Waals surface area contributed by atoms with E-state index < -0.39 is 5.82 Å². The maximum Gasteiger partial charge on any atom is 0.256 e. The van der Waals surface area contributed by atoms with E-state index in [2.05, 4.69) is 10.3 Å². The van der Waals surface area contributed by atoms with E-state index in [0.717, 1.165) is 38.7 Å². The standard InChI is InChI=1S/C15H20FN3O/c16-13-9-17-7-5-12(13)15(20)19-8-2-3-11(10-19)14-4-1-6-18-14/h5,7,9,11,14,18H,1-4,6,8,10H2. The van der Waals surface area contributed by atoms with Crippen LogP contribution in [-0.4, -0.2) is 41.5 Å². The molecule has 1 amide bonds. The van der Waals surface area contributed by atoms with Crippen molar-refractivity contribution in [2.45, 2.75) is 31.7 Å². The Morgan fingerprint density at radius 1 is 1.40 bits per heavy atom. The van der Waals surface area contributed by atoms with Gasteiger partial charge in [0.2, 0.25) is 0 Å². The lowest BCUT2D eigenvalue weighted by Crippen LogP contribution is -2.46. The molecule has 0 spiro atoms. The van der Waals surface area contributed by atoms with E-state index in [9.17, 15) is 9.18 Å². The van der Waals surface area contributed by atoms with Crippen LogP contribution >= 0.6 is 0 Å². The summed E-state index contributed by atoms with van der Waals surface area (Å²) in [4.78, 5) is 17.9. The molecule has 1 aromatic rings. The number of amides is 1. The van der Waals surface area contributed by atoms with Crippen molar-refractivity contribution in [3.8, 4) is 0 Å². The quantitative estimate of drug-likeness (QED) is 0.897. The lowest BCUT2D eigenvalue weighted by atomic mass is 9.89. The second kappa shape index (κ2) is 5.87. The second-order valence-electron chi connectivity index (χ2n) is 5.71. The Morgan fingerprint density at radius 2 is 2.30 bits per heavy atom. The summed E-state index contributed by atoms with van der Waals surface area (Å²) in [6, 6.07) is 1.99. The minimum Gasteiger partial charge on any atom is -0.338 e. The highest BCUT2D eigenvalue weighted by Gasteiger charge is 2.31. The number of carbonyl (C=O) groups is 1. The van der Waals surface area contributed by atoms with Gasteiger partial charge in [-0.2, -0.15) is 0 Å². The van der Waals surface area contributed by atoms with Crippen LogP contribution in [0.2, 0.25) is 0 Å². The molecule has 1 N–H and O–H groups in total. The lowest BCUT2D eigenvalue weighted by molar-refractivity contribution is 0.0646. The molecule has 2 unspecified atom stereocenters. The fourth-order valence-corrected chi connectivity index (χ4v) is 3.36. The van der Waals surface area contributed by atoms with Crippen molar-refractivity contribution < 1.29 is 9.18 Å². The number of aromatic nitrogens is 1. The summed E-state index contributed by atoms with van der Waals surface area (Å²) >= 11 is 0. The SMILES string of the molecule is O=C(c1ccncc1F)N1CCCC(C2CCCN2)C1. The maximum atomic E-state index is 13.7. The number of nitrogens with zero attached hydrogens (tertiary/aromatic N) is 2. The highest BCUT2D eigenvalue weighted by Crippen LogP contribution is 2.25. The summed E-state index contributed by atoms with van der Waals surface area (Å²) in [5, 5.41) is 3.51. The summed E-state index contributed by atoms with van der Waals surface area (Å²) in [6.07, 6.45) is 7.13.